The van der Waals surface area contributed by atoms with E-state index in [1.807, 2.05) is 0 Å². The Hall–Kier alpha value is -0.444. The number of aliphatic hydroxyl groups is 8. The molecule has 0 bridgehead atoms. The van der Waals surface area contributed by atoms with Crippen LogP contribution in [0.15, 0.2) is 0 Å². The minimum Gasteiger partial charge on any atom is -0.652 e. The van der Waals surface area contributed by atoms with Crippen molar-refractivity contribution < 1.29 is 75.5 Å². The van der Waals surface area contributed by atoms with Crippen molar-refractivity contribution in [3.05, 3.63) is 0 Å². The van der Waals surface area contributed by atoms with Crippen LogP contribution >= 0.6 is 0 Å². The van der Waals surface area contributed by atoms with E-state index < -0.39 is 80.8 Å². The molecule has 0 aliphatic carbocycles. The molecular weight excluding hydrogens is 420 g/mol. The monoisotopic (exact) mass is 444 g/mol. The Kier molecular flexibility index (Phi) is 14.6. The third-order valence-corrected chi connectivity index (χ3v) is 3.98. The summed E-state index contributed by atoms with van der Waals surface area (Å²) in [5, 5.41) is 93.2. The normalized spacial score (nSPS) is 41.8. The van der Waals surface area contributed by atoms with Gasteiger partial charge in [-0.05, 0) is 6.16 Å². The molecule has 0 aromatic heterocycles. The van der Waals surface area contributed by atoms with E-state index in [1.165, 1.54) is 0 Å². The Morgan fingerprint density at radius 2 is 1.28 bits per heavy atom. The molecule has 10 atom stereocenters. The molecule has 15 nitrogen and oxygen atoms in total. The van der Waals surface area contributed by atoms with Crippen molar-refractivity contribution in [1.82, 2.24) is 0 Å². The zero-order valence-electron chi connectivity index (χ0n) is 14.9. The zero-order valence-corrected chi connectivity index (χ0v) is 16.3. The van der Waals surface area contributed by atoms with E-state index in [1.54, 1.807) is 0 Å². The van der Waals surface area contributed by atoms with Gasteiger partial charge in [0.05, 0.1) is 13.2 Å². The van der Waals surface area contributed by atoms with Crippen LogP contribution in [0.4, 0.5) is 4.79 Å². The van der Waals surface area contributed by atoms with E-state index in [4.69, 9.17) is 34.3 Å². The minimum atomic E-state index is -2.33. The van der Waals surface area contributed by atoms with E-state index in [2.05, 4.69) is 0 Å². The predicted octanol–water partition coefficient (Wildman–Crippen LogP) is -9.05. The summed E-state index contributed by atoms with van der Waals surface area (Å²) in [6.45, 7) is -1.35. The van der Waals surface area contributed by atoms with Crippen molar-refractivity contribution >= 4 is 29.2 Å². The van der Waals surface area contributed by atoms with Gasteiger partial charge in [0, 0.05) is 0 Å². The summed E-state index contributed by atoms with van der Waals surface area (Å²) in [5.41, 5.74) is 0. The second-order valence-electron chi connectivity index (χ2n) is 5.78. The SMILES string of the molecule is O.O=C([O-])[O-].OC[C@H]1O[C@@H](O[C@H]2[C@H](O)[C@@H](O)C(O)O[C@@H]2CO)[C@H](O)[C@@H](O)[C@H]1O.[Mg+2]. The first-order valence-electron chi connectivity index (χ1n) is 7.69. The predicted molar refractivity (Wildman–Crippen MR) is 83.4 cm³/mol. The van der Waals surface area contributed by atoms with Crippen molar-refractivity contribution in [3.63, 3.8) is 0 Å². The zero-order chi connectivity index (χ0) is 20.9. The Morgan fingerprint density at radius 1 is 0.793 bits per heavy atom. The van der Waals surface area contributed by atoms with E-state index in [9.17, 15) is 35.7 Å². The van der Waals surface area contributed by atoms with Gasteiger partial charge in [-0.2, -0.15) is 0 Å². The molecule has 0 saturated carbocycles. The molecule has 2 fully saturated rings. The van der Waals surface area contributed by atoms with Crippen LogP contribution in [0.1, 0.15) is 0 Å². The van der Waals surface area contributed by atoms with Crippen molar-refractivity contribution in [3.8, 4) is 0 Å². The van der Waals surface area contributed by atoms with Gasteiger partial charge in [-0.1, -0.05) is 0 Å². The molecule has 29 heavy (non-hydrogen) atoms. The average Bonchev–Trinajstić information content (AvgIpc) is 2.61. The molecular formula is C13H24MgO15. The first-order valence-corrected chi connectivity index (χ1v) is 7.69. The summed E-state index contributed by atoms with van der Waals surface area (Å²) in [6, 6.07) is 0. The van der Waals surface area contributed by atoms with Crippen LogP contribution in [0, 0.1) is 0 Å². The maximum atomic E-state index is 9.94. The number of carbonyl (C=O) groups is 1. The number of rotatable bonds is 4. The maximum absolute atomic E-state index is 9.94. The van der Waals surface area contributed by atoms with Crippen molar-refractivity contribution in [2.24, 2.45) is 0 Å². The number of carbonyl (C=O) groups excluding carboxylic acids is 1. The van der Waals surface area contributed by atoms with Crippen LogP contribution in [0.5, 0.6) is 0 Å². The molecule has 10 N–H and O–H groups in total. The maximum Gasteiger partial charge on any atom is 2.00 e. The number of carboxylic acid groups (broad SMARTS) is 2. The molecule has 2 saturated heterocycles. The number of hydrogen-bond acceptors (Lipinski definition) is 14. The Bertz CT molecular complexity index is 461. The van der Waals surface area contributed by atoms with Gasteiger partial charge in [-0.25, -0.2) is 0 Å². The van der Waals surface area contributed by atoms with Crippen molar-refractivity contribution in [1.29, 1.82) is 0 Å². The fourth-order valence-corrected chi connectivity index (χ4v) is 2.57. The molecule has 0 aromatic carbocycles. The van der Waals surface area contributed by atoms with Crippen LogP contribution in [-0.2, 0) is 14.2 Å². The molecule has 0 spiro atoms. The minimum absolute atomic E-state index is 0. The van der Waals surface area contributed by atoms with Crippen molar-refractivity contribution in [2.45, 2.75) is 61.4 Å². The third-order valence-electron chi connectivity index (χ3n) is 3.98. The number of aliphatic hydroxyl groups excluding tert-OH is 8. The Morgan fingerprint density at radius 3 is 1.72 bits per heavy atom. The summed E-state index contributed by atoms with van der Waals surface area (Å²) in [6.07, 6.45) is -17.9. The van der Waals surface area contributed by atoms with E-state index in [0.29, 0.717) is 0 Å². The van der Waals surface area contributed by atoms with Crippen LogP contribution in [0.25, 0.3) is 0 Å². The topological polar surface area (TPSA) is 284 Å². The van der Waals surface area contributed by atoms with E-state index in [-0.39, 0.29) is 28.5 Å². The fourth-order valence-electron chi connectivity index (χ4n) is 2.57. The van der Waals surface area contributed by atoms with Gasteiger partial charge in [0.1, 0.15) is 48.8 Å². The summed E-state index contributed by atoms with van der Waals surface area (Å²) in [7, 11) is 0. The summed E-state index contributed by atoms with van der Waals surface area (Å²) in [4.78, 5) is 8.33. The molecule has 0 amide bonds. The van der Waals surface area contributed by atoms with Gasteiger partial charge in [-0.15, -0.1) is 0 Å². The first kappa shape index (κ1) is 30.7. The molecule has 0 aromatic rings. The van der Waals surface area contributed by atoms with Crippen molar-refractivity contribution in [2.75, 3.05) is 13.2 Å². The third kappa shape index (κ3) is 7.96. The average molecular weight is 445 g/mol. The Balaban J connectivity index is 0. The van der Waals surface area contributed by atoms with Crippen LogP contribution in [0.3, 0.4) is 0 Å². The largest absolute Gasteiger partial charge is 2.00 e. The van der Waals surface area contributed by atoms with Gasteiger partial charge in [0.2, 0.25) is 0 Å². The summed E-state index contributed by atoms with van der Waals surface area (Å²) < 4.78 is 15.3. The van der Waals surface area contributed by atoms with Gasteiger partial charge < -0.3 is 75.5 Å². The number of ether oxygens (including phenoxy) is 3. The molecule has 2 aliphatic heterocycles. The van der Waals surface area contributed by atoms with Crippen LogP contribution < -0.4 is 10.2 Å². The summed E-state index contributed by atoms with van der Waals surface area (Å²) in [5.74, 6) is 0. The molecule has 0 radical (unpaired) electrons. The molecule has 1 unspecified atom stereocenters. The van der Waals surface area contributed by atoms with E-state index in [0.717, 1.165) is 0 Å². The quantitative estimate of drug-likeness (QED) is 0.187. The molecule has 16 heteroatoms. The Labute approximate surface area is 179 Å². The first-order chi connectivity index (χ1) is 12.5. The van der Waals surface area contributed by atoms with Crippen LogP contribution in [-0.4, -0.2) is 150 Å². The molecule has 2 rings (SSSR count). The molecule has 2 aliphatic rings. The van der Waals surface area contributed by atoms with Gasteiger partial charge in [0.25, 0.3) is 0 Å². The molecule has 2 heterocycles. The summed E-state index contributed by atoms with van der Waals surface area (Å²) >= 11 is 0. The van der Waals surface area contributed by atoms with Crippen LogP contribution in [0.2, 0.25) is 0 Å². The van der Waals surface area contributed by atoms with Gasteiger partial charge in [0.15, 0.2) is 12.6 Å². The van der Waals surface area contributed by atoms with E-state index >= 15 is 0 Å². The smallest absolute Gasteiger partial charge is 0.652 e. The van der Waals surface area contributed by atoms with Gasteiger partial charge >= 0.3 is 23.1 Å². The standard InChI is InChI=1S/C12H22O11.CH2O3.Mg.H2O/c13-1-3-5(15)6(16)9(19)12(22-3)23-10-4(2-14)21-11(20)8(18)7(10)17;2-1(3)4;;/h3-20H,1-2H2;(H2,2,3,4);;1H2/q;;+2;/p-2/t3-,4-,5+,6+,7-,8-,9-,10-,11?,12+;;;/m1.../s1. The molecule has 168 valence electrons. The number of hydrogen-bond donors (Lipinski definition) is 8. The van der Waals surface area contributed by atoms with Gasteiger partial charge in [-0.3, -0.25) is 0 Å². The second kappa shape index (κ2) is 13.8. The fraction of sp³-hybridized carbons (Fsp3) is 0.923. The second-order valence-corrected chi connectivity index (χ2v) is 5.78.